The molecular weight excluding hydrogens is 956 g/mol. The second-order valence-corrected chi connectivity index (χ2v) is 16.8. The molecule has 0 fully saturated rings. The van der Waals surface area contributed by atoms with Gasteiger partial charge in [0.15, 0.2) is 5.65 Å². The summed E-state index contributed by atoms with van der Waals surface area (Å²) in [6.45, 7) is 17.2. The van der Waals surface area contributed by atoms with E-state index in [0.717, 1.165) is 55.9 Å². The number of fused-ring (bicyclic) bond motifs is 4. The number of aromatic nitrogens is 6. The van der Waals surface area contributed by atoms with Crippen molar-refractivity contribution in [1.82, 2.24) is 29.7 Å². The monoisotopic (exact) mass is 1000 g/mol. The molecule has 0 aliphatic carbocycles. The van der Waals surface area contributed by atoms with Crippen LogP contribution < -0.4 is 0 Å². The Morgan fingerprint density at radius 3 is 2.21 bits per heavy atom. The average molecular weight is 1000 g/mol. The van der Waals surface area contributed by atoms with Crippen LogP contribution in [0, 0.1) is 24.9 Å². The Balaban J connectivity index is 0.000000233. The quantitative estimate of drug-likeness (QED) is 0.157. The second kappa shape index (κ2) is 17.5. The zero-order valence-electron chi connectivity index (χ0n) is 35.7. The van der Waals surface area contributed by atoms with Gasteiger partial charge in [-0.3, -0.25) is 14.2 Å². The fourth-order valence-electron chi connectivity index (χ4n) is 7.58. The molecule has 315 valence electrons. The molecule has 0 saturated heterocycles. The number of nitrogens with zero attached hydrogens (tertiary/aromatic N) is 6. The molecule has 0 unspecified atom stereocenters. The van der Waals surface area contributed by atoms with E-state index in [1.54, 1.807) is 12.3 Å². The van der Waals surface area contributed by atoms with Crippen molar-refractivity contribution in [3.63, 3.8) is 0 Å². The molecule has 9 rings (SSSR count). The van der Waals surface area contributed by atoms with Crippen LogP contribution in [0.5, 0.6) is 0 Å². The van der Waals surface area contributed by atoms with Gasteiger partial charge in [-0.15, -0.1) is 40.5 Å². The van der Waals surface area contributed by atoms with Crippen molar-refractivity contribution >= 4 is 39.2 Å². The minimum atomic E-state index is -1.18. The molecule has 0 aliphatic rings. The molecule has 5 aromatic carbocycles. The van der Waals surface area contributed by atoms with E-state index >= 15 is 0 Å². The standard InChI is InChI=1S/C35H30N5O.C16H15FNO2.Ir/c1-20(2)25-11-7-12-26(21(3)4)31(25)40-34(38-33-35(40)36-19-37-39-33)29-14-8-13-28-27-16-15-24(18-30(27)41-32(28)29)23-10-6-9-22(5)17-23;1-16(2,3)11-5-7-14(18-9-11)12-6-4-10(15(19)20)8-13(12)17;/h6-13,15-21H,1-5H3;4-5,7-9H,1-3H3,(H,19,20);/q2*-1;. The fourth-order valence-corrected chi connectivity index (χ4v) is 7.58. The van der Waals surface area contributed by atoms with Gasteiger partial charge in [-0.25, -0.2) is 4.98 Å². The Bertz CT molecular complexity index is 3070. The first-order chi connectivity index (χ1) is 29.2. The van der Waals surface area contributed by atoms with Gasteiger partial charge in [-0.2, -0.15) is 0 Å². The summed E-state index contributed by atoms with van der Waals surface area (Å²) in [5.41, 5.74) is 12.0. The molecule has 4 heterocycles. The van der Waals surface area contributed by atoms with Crippen LogP contribution in [0.2, 0.25) is 0 Å². The summed E-state index contributed by atoms with van der Waals surface area (Å²) in [7, 11) is 0. The molecule has 9 nitrogen and oxygen atoms in total. The molecule has 0 bridgehead atoms. The summed E-state index contributed by atoms with van der Waals surface area (Å²) in [6, 6.07) is 37.4. The van der Waals surface area contributed by atoms with Gasteiger partial charge in [-0.1, -0.05) is 143 Å². The van der Waals surface area contributed by atoms with Crippen LogP contribution in [-0.2, 0) is 25.5 Å². The molecule has 62 heavy (non-hydrogen) atoms. The first kappa shape index (κ1) is 43.7. The molecule has 9 aromatic rings. The summed E-state index contributed by atoms with van der Waals surface area (Å²) in [5.74, 6) is -0.556. The number of pyridine rings is 1. The van der Waals surface area contributed by atoms with Crippen LogP contribution in [0.15, 0.2) is 114 Å². The van der Waals surface area contributed by atoms with E-state index in [1.807, 2.05) is 12.1 Å². The van der Waals surface area contributed by atoms with E-state index < -0.39 is 11.8 Å². The van der Waals surface area contributed by atoms with Gasteiger partial charge in [0.1, 0.15) is 11.9 Å². The Kier molecular flexibility index (Phi) is 12.3. The minimum absolute atomic E-state index is 0. The number of aromatic carboxylic acids is 1. The molecule has 4 aromatic heterocycles. The van der Waals surface area contributed by atoms with E-state index in [9.17, 15) is 9.18 Å². The zero-order valence-corrected chi connectivity index (χ0v) is 38.1. The molecule has 0 aliphatic heterocycles. The van der Waals surface area contributed by atoms with Gasteiger partial charge in [0.2, 0.25) is 5.65 Å². The molecule has 1 N–H and O–H groups in total. The molecule has 0 amide bonds. The van der Waals surface area contributed by atoms with Crippen LogP contribution in [0.25, 0.3) is 72.7 Å². The maximum atomic E-state index is 13.9. The number of para-hydroxylation sites is 1. The smallest absolute Gasteiger partial charge is 0.292 e. The average Bonchev–Trinajstić information content (AvgIpc) is 3.81. The van der Waals surface area contributed by atoms with E-state index in [2.05, 4.69) is 159 Å². The second-order valence-electron chi connectivity index (χ2n) is 16.8. The summed E-state index contributed by atoms with van der Waals surface area (Å²) in [5, 5.41) is 19.3. The van der Waals surface area contributed by atoms with Gasteiger partial charge in [-0.05, 0) is 69.3 Å². The number of benzene rings is 5. The summed E-state index contributed by atoms with van der Waals surface area (Å²) in [4.78, 5) is 24.6. The predicted octanol–water partition coefficient (Wildman–Crippen LogP) is 12.5. The fraction of sp³-hybridized carbons (Fsp3) is 0.216. The molecule has 1 radical (unpaired) electrons. The number of hydrogen-bond donors (Lipinski definition) is 1. The van der Waals surface area contributed by atoms with Crippen molar-refractivity contribution in [3.05, 3.63) is 155 Å². The first-order valence-corrected chi connectivity index (χ1v) is 20.2. The van der Waals surface area contributed by atoms with Crippen molar-refractivity contribution < 1.29 is 38.8 Å². The molecule has 0 atom stereocenters. The third-order valence-corrected chi connectivity index (χ3v) is 10.8. The Morgan fingerprint density at radius 1 is 0.839 bits per heavy atom. The van der Waals surface area contributed by atoms with E-state index in [4.69, 9.17) is 14.5 Å². The third-order valence-electron chi connectivity index (χ3n) is 10.8. The molecule has 0 spiro atoms. The van der Waals surface area contributed by atoms with Crippen molar-refractivity contribution in [2.24, 2.45) is 0 Å². The van der Waals surface area contributed by atoms with Crippen LogP contribution in [0.4, 0.5) is 4.39 Å². The SMILES string of the molecule is CC(C)(C)c1ccc(-c2[c-]cc(C(=O)O)cc2F)nc1.Cc1cccc(-c2ccc3c(c2)oc2c(-c4nc5nncnc5n4-c4c(C(C)C)cccc4C(C)C)[c-]ccc23)c1.[Ir]. The number of imidazole rings is 1. The number of carboxylic acids is 1. The number of aryl methyl sites for hydroxylation is 1. The van der Waals surface area contributed by atoms with Gasteiger partial charge in [0, 0.05) is 43.2 Å². The zero-order chi connectivity index (χ0) is 43.2. The van der Waals surface area contributed by atoms with Gasteiger partial charge < -0.3 is 19.1 Å². The van der Waals surface area contributed by atoms with E-state index in [0.29, 0.717) is 22.8 Å². The number of halogens is 1. The largest absolute Gasteiger partial charge is 0.501 e. The van der Waals surface area contributed by atoms with Gasteiger partial charge in [0.05, 0.1) is 11.4 Å². The normalized spacial score (nSPS) is 11.6. The van der Waals surface area contributed by atoms with E-state index in [-0.39, 0.29) is 48.5 Å². The number of rotatable bonds is 7. The van der Waals surface area contributed by atoms with Crippen LogP contribution in [-0.4, -0.2) is 40.8 Å². The number of furan rings is 1. The number of carbonyl (C=O) groups is 1. The molecular formula is C51H45FIrN6O3-2. The van der Waals surface area contributed by atoms with Crippen molar-refractivity contribution in [2.45, 2.75) is 72.6 Å². The number of hydrogen-bond acceptors (Lipinski definition) is 7. The van der Waals surface area contributed by atoms with Crippen molar-refractivity contribution in [3.8, 4) is 39.5 Å². The summed E-state index contributed by atoms with van der Waals surface area (Å²) in [6.07, 6.45) is 3.18. The van der Waals surface area contributed by atoms with Crippen molar-refractivity contribution in [1.29, 1.82) is 0 Å². The molecule has 11 heteroatoms. The maximum Gasteiger partial charge on any atom is 0.292 e. The third kappa shape index (κ3) is 8.43. The Labute approximate surface area is 373 Å². The first-order valence-electron chi connectivity index (χ1n) is 20.2. The Hall–Kier alpha value is -6.42. The van der Waals surface area contributed by atoms with Gasteiger partial charge in [0.25, 0.3) is 5.97 Å². The van der Waals surface area contributed by atoms with Crippen LogP contribution >= 0.6 is 0 Å². The number of carboxylic acid groups (broad SMARTS) is 1. The summed E-state index contributed by atoms with van der Waals surface area (Å²) < 4.78 is 22.7. The van der Waals surface area contributed by atoms with Gasteiger partial charge >= 0.3 is 0 Å². The predicted molar refractivity (Wildman–Crippen MR) is 238 cm³/mol. The minimum Gasteiger partial charge on any atom is -0.501 e. The molecule has 0 saturated carbocycles. The van der Waals surface area contributed by atoms with Crippen molar-refractivity contribution in [2.75, 3.05) is 0 Å². The summed E-state index contributed by atoms with van der Waals surface area (Å²) >= 11 is 0. The van der Waals surface area contributed by atoms with E-state index in [1.165, 1.54) is 29.1 Å². The topological polar surface area (TPSA) is 120 Å². The van der Waals surface area contributed by atoms with Crippen LogP contribution in [0.1, 0.15) is 92.9 Å². The maximum absolute atomic E-state index is 13.9. The van der Waals surface area contributed by atoms with Crippen LogP contribution in [0.3, 0.4) is 0 Å². The Morgan fingerprint density at radius 2 is 1.56 bits per heavy atom.